The highest BCUT2D eigenvalue weighted by Crippen LogP contribution is 2.35. The molecule has 0 unspecified atom stereocenters. The molecule has 9 heteroatoms. The van der Waals surface area contributed by atoms with Gasteiger partial charge < -0.3 is 10.0 Å². The van der Waals surface area contributed by atoms with E-state index in [9.17, 15) is 10.0 Å². The van der Waals surface area contributed by atoms with Crippen LogP contribution in [0.1, 0.15) is 31.4 Å². The Labute approximate surface area is 208 Å². The Bertz CT molecular complexity index is 1260. The van der Waals surface area contributed by atoms with Gasteiger partial charge in [0, 0.05) is 25.9 Å². The first-order chi connectivity index (χ1) is 16.3. The van der Waals surface area contributed by atoms with Crippen LogP contribution in [0.15, 0.2) is 81.5 Å². The van der Waals surface area contributed by atoms with E-state index in [2.05, 4.69) is 0 Å². The van der Waals surface area contributed by atoms with Crippen LogP contribution in [0.2, 0.25) is 5.02 Å². The molecular weight excluding hydrogens is 467 g/mol. The minimum Gasteiger partial charge on any atom is -0.423 e. The third-order valence-electron chi connectivity index (χ3n) is 5.56. The first-order valence-electron chi connectivity index (χ1n) is 10.8. The third kappa shape index (κ3) is 4.95. The van der Waals surface area contributed by atoms with Crippen LogP contribution in [-0.2, 0) is 0 Å². The fourth-order valence-corrected chi connectivity index (χ4v) is 4.84. The van der Waals surface area contributed by atoms with Crippen molar-refractivity contribution < 1.29 is 10.0 Å². The molecule has 4 N–H and O–H groups in total. The number of hydrogen-bond donors (Lipinski definition) is 4. The number of amidine groups is 2. The Hall–Kier alpha value is -2.91. The van der Waals surface area contributed by atoms with Gasteiger partial charge in [-0.15, -0.1) is 0 Å². The smallest absolute Gasteiger partial charge is 0.423 e. The Kier molecular flexibility index (Phi) is 7.23. The predicted molar refractivity (Wildman–Crippen MR) is 142 cm³/mol. The first kappa shape index (κ1) is 24.2. The number of anilines is 1. The maximum Gasteiger partial charge on any atom is 0.488 e. The van der Waals surface area contributed by atoms with Crippen molar-refractivity contribution in [3.8, 4) is 0 Å². The van der Waals surface area contributed by atoms with E-state index in [0.29, 0.717) is 16.9 Å². The molecule has 0 amide bonds. The summed E-state index contributed by atoms with van der Waals surface area (Å²) in [4.78, 5) is 8.54. The van der Waals surface area contributed by atoms with E-state index < -0.39 is 7.12 Å². The van der Waals surface area contributed by atoms with Crippen LogP contribution in [0.3, 0.4) is 0 Å². The maximum absolute atomic E-state index is 9.34. The molecule has 0 spiro atoms. The minimum atomic E-state index is -1.50. The van der Waals surface area contributed by atoms with Crippen LogP contribution >= 0.6 is 23.4 Å². The van der Waals surface area contributed by atoms with Gasteiger partial charge in [-0.2, -0.15) is 0 Å². The monoisotopic (exact) mass is 490 g/mol. The molecule has 6 nitrogen and oxygen atoms in total. The van der Waals surface area contributed by atoms with Crippen molar-refractivity contribution in [3.63, 3.8) is 0 Å². The summed E-state index contributed by atoms with van der Waals surface area (Å²) >= 11 is 7.67. The first-order valence-corrected chi connectivity index (χ1v) is 12.0. The second-order valence-corrected chi connectivity index (χ2v) is 9.52. The summed E-state index contributed by atoms with van der Waals surface area (Å²) in [6.07, 6.45) is 0.637. The van der Waals surface area contributed by atoms with Gasteiger partial charge in [-0.05, 0) is 61.3 Å². The molecule has 1 heterocycles. The summed E-state index contributed by atoms with van der Waals surface area (Å²) in [5.41, 5.74) is 3.66. The van der Waals surface area contributed by atoms with Crippen molar-refractivity contribution in [1.82, 2.24) is 0 Å². The average molecular weight is 491 g/mol. The zero-order chi connectivity index (χ0) is 24.4. The van der Waals surface area contributed by atoms with Crippen LogP contribution in [0.25, 0.3) is 0 Å². The van der Waals surface area contributed by atoms with Crippen molar-refractivity contribution >= 4 is 59.0 Å². The van der Waals surface area contributed by atoms with Gasteiger partial charge in [0.05, 0.1) is 11.4 Å². The lowest BCUT2D eigenvalue weighted by Gasteiger charge is -2.26. The van der Waals surface area contributed by atoms with E-state index >= 15 is 0 Å². The summed E-state index contributed by atoms with van der Waals surface area (Å²) in [6, 6.07) is 20.1. The Morgan fingerprint density at radius 1 is 1.06 bits per heavy atom. The highest BCUT2D eigenvalue weighted by atomic mass is 35.5. The van der Waals surface area contributed by atoms with E-state index in [1.807, 2.05) is 61.5 Å². The third-order valence-corrected chi connectivity index (χ3v) is 6.81. The van der Waals surface area contributed by atoms with Gasteiger partial charge in [0.2, 0.25) is 0 Å². The van der Waals surface area contributed by atoms with E-state index in [-0.39, 0.29) is 17.7 Å². The van der Waals surface area contributed by atoms with Gasteiger partial charge in [-0.25, -0.2) is 0 Å². The Morgan fingerprint density at radius 2 is 1.71 bits per heavy atom. The van der Waals surface area contributed by atoms with Crippen LogP contribution < -0.4 is 10.4 Å². The van der Waals surface area contributed by atoms with Crippen LogP contribution in [-0.4, -0.2) is 40.6 Å². The number of nitrogens with one attached hydrogen (secondary N) is 2. The number of halogens is 1. The second-order valence-electron chi connectivity index (χ2n) is 7.94. The molecule has 34 heavy (non-hydrogen) atoms. The predicted octanol–water partition coefficient (Wildman–Crippen LogP) is 4.58. The molecule has 0 saturated carbocycles. The van der Waals surface area contributed by atoms with Crippen LogP contribution in [0, 0.1) is 10.8 Å². The summed E-state index contributed by atoms with van der Waals surface area (Å²) in [5.74, 6) is 0.537. The molecule has 0 bridgehead atoms. The van der Waals surface area contributed by atoms with Crippen molar-refractivity contribution in [1.29, 1.82) is 10.8 Å². The molecule has 172 valence electrons. The van der Waals surface area contributed by atoms with Crippen LogP contribution in [0.4, 0.5) is 5.69 Å². The number of fused-ring (bicyclic) bond motifs is 1. The minimum absolute atomic E-state index is 0.260. The van der Waals surface area contributed by atoms with Crippen molar-refractivity contribution in [2.45, 2.75) is 36.1 Å². The summed E-state index contributed by atoms with van der Waals surface area (Å²) < 4.78 is 0. The fourth-order valence-electron chi connectivity index (χ4n) is 3.86. The van der Waals surface area contributed by atoms with Gasteiger partial charge in [0.25, 0.3) is 0 Å². The SMILES string of the molecule is CC[C@@H]1N=C(c2ccc(Cl)cc2)c2cc(Sc3ccc(B(O)O)cc3)ccc2N(C(C)=N)C1=N. The lowest BCUT2D eigenvalue weighted by molar-refractivity contribution is 0.426. The molecule has 1 aliphatic rings. The van der Waals surface area contributed by atoms with E-state index in [1.54, 1.807) is 24.0 Å². The highest BCUT2D eigenvalue weighted by Gasteiger charge is 2.30. The molecule has 4 rings (SSSR count). The molecule has 1 aliphatic heterocycles. The van der Waals surface area contributed by atoms with Crippen LogP contribution in [0.5, 0.6) is 0 Å². The summed E-state index contributed by atoms with van der Waals surface area (Å²) in [6.45, 7) is 3.67. The fraction of sp³-hybridized carbons (Fsp3) is 0.160. The molecular formula is C25H24BClN4O2S. The van der Waals surface area contributed by atoms with Crippen molar-refractivity contribution in [2.75, 3.05) is 4.90 Å². The van der Waals surface area contributed by atoms with Crippen molar-refractivity contribution in [2.24, 2.45) is 4.99 Å². The van der Waals surface area contributed by atoms with Crippen molar-refractivity contribution in [3.05, 3.63) is 82.9 Å². The number of benzodiazepines with no additional fused rings is 1. The number of hydrogen-bond acceptors (Lipinski definition) is 6. The normalized spacial score (nSPS) is 15.4. The molecule has 1 atom stereocenters. The Morgan fingerprint density at radius 3 is 2.29 bits per heavy atom. The number of nitrogens with zero attached hydrogens (tertiary/aromatic N) is 2. The highest BCUT2D eigenvalue weighted by molar-refractivity contribution is 7.99. The van der Waals surface area contributed by atoms with Gasteiger partial charge in [-0.3, -0.25) is 20.7 Å². The average Bonchev–Trinajstić information content (AvgIpc) is 2.93. The largest absolute Gasteiger partial charge is 0.488 e. The quantitative estimate of drug-likeness (QED) is 0.239. The zero-order valence-electron chi connectivity index (χ0n) is 18.8. The van der Waals surface area contributed by atoms with E-state index in [1.165, 1.54) is 11.8 Å². The topological polar surface area (TPSA) is 104 Å². The molecule has 0 radical (unpaired) electrons. The standard InChI is InChI=1S/C25H24BClN4O2S/c1-3-22-25(29)31(15(2)28)23-13-12-20(34-19-10-6-17(7-11-19)26(32)33)14-21(23)24(30-22)16-4-8-18(27)9-5-16/h4-14,22,28-29,32-33H,3H2,1-2H3/t22-/m0/s1. The lowest BCUT2D eigenvalue weighted by Crippen LogP contribution is -2.40. The van der Waals surface area contributed by atoms with Gasteiger partial charge in [0.15, 0.2) is 0 Å². The molecule has 0 fully saturated rings. The zero-order valence-corrected chi connectivity index (χ0v) is 20.4. The number of rotatable bonds is 5. The molecule has 0 aromatic heterocycles. The number of aliphatic imine (C=N–C) groups is 1. The maximum atomic E-state index is 9.34. The van der Waals surface area contributed by atoms with E-state index in [0.717, 1.165) is 32.3 Å². The van der Waals surface area contributed by atoms with Gasteiger partial charge in [0.1, 0.15) is 17.7 Å². The molecule has 3 aromatic rings. The number of benzene rings is 3. The summed E-state index contributed by atoms with van der Waals surface area (Å²) in [5, 5.41) is 36.5. The second kappa shape index (κ2) is 10.2. The molecule has 0 saturated heterocycles. The lowest BCUT2D eigenvalue weighted by atomic mass is 9.81. The van der Waals surface area contributed by atoms with E-state index in [4.69, 9.17) is 27.4 Å². The van der Waals surface area contributed by atoms with Gasteiger partial charge in [-0.1, -0.05) is 54.6 Å². The molecule has 3 aromatic carbocycles. The van der Waals surface area contributed by atoms with Gasteiger partial charge >= 0.3 is 7.12 Å². The molecule has 0 aliphatic carbocycles. The summed E-state index contributed by atoms with van der Waals surface area (Å²) in [7, 11) is -1.50. The Balaban J connectivity index is 1.83.